The van der Waals surface area contributed by atoms with Gasteiger partial charge in [0, 0.05) is 55.1 Å². The predicted molar refractivity (Wildman–Crippen MR) is 199 cm³/mol. The van der Waals surface area contributed by atoms with Gasteiger partial charge in [-0.3, -0.25) is 14.5 Å². The zero-order valence-corrected chi connectivity index (χ0v) is 29.0. The molecule has 0 aromatic heterocycles. The predicted octanol–water partition coefficient (Wildman–Crippen LogP) is 6.96. The van der Waals surface area contributed by atoms with Gasteiger partial charge in [0.15, 0.2) is 0 Å². The van der Waals surface area contributed by atoms with Gasteiger partial charge in [0.1, 0.15) is 24.1 Å². The molecule has 2 amide bonds. The van der Waals surface area contributed by atoms with E-state index in [2.05, 4.69) is 88.8 Å². The van der Waals surface area contributed by atoms with Gasteiger partial charge in [-0.2, -0.15) is 0 Å². The number of anilines is 1. The monoisotopic (exact) mass is 682 g/mol. The summed E-state index contributed by atoms with van der Waals surface area (Å²) in [6.07, 6.45) is 5.38. The number of amides is 2. The first-order valence-electron chi connectivity index (χ1n) is 18.4. The van der Waals surface area contributed by atoms with Crippen molar-refractivity contribution in [3.63, 3.8) is 0 Å². The number of rotatable bonds is 9. The molecule has 51 heavy (non-hydrogen) atoms. The number of carbonyl (C=O) groups is 2. The maximum atomic E-state index is 13.1. The average Bonchev–Trinajstić information content (AvgIpc) is 3.47. The van der Waals surface area contributed by atoms with Crippen molar-refractivity contribution in [1.82, 2.24) is 15.1 Å². The molecule has 3 aliphatic heterocycles. The number of aromatic hydroxyl groups is 1. The standard InChI is InChI=1S/C43H46N4O4/c1-28-7-18-40(42(49)44-28)47-27-32-25-34(11-16-39(32)43(47)50)45-33-19-21-46(22-20-33)23-24-51-36-13-8-30(9-14-36)41-37(29-5-3-2-4-6-29)15-10-31-26-35(48)12-17-38(31)41/h2-6,8-9,11-14,16-17,25-26,33,37,40-41,45,48H,1,7,10,15,18-24,27H2,(H,44,49)/t37-,40?,41+/m1/s1. The normalized spacial score (nSPS) is 22.3. The SMILES string of the molecule is C=C1CCC(N2Cc3cc(NC4CCN(CCOc5ccc([C@@H]6c7ccc(O)cc7CC[C@@H]6c6ccccc6)cc5)CC4)ccc3C2=O)C(=O)N1. The topological polar surface area (TPSA) is 94.1 Å². The first-order chi connectivity index (χ1) is 24.9. The van der Waals surface area contributed by atoms with Crippen LogP contribution in [0.1, 0.15) is 82.1 Å². The average molecular weight is 683 g/mol. The molecular weight excluding hydrogens is 636 g/mol. The van der Waals surface area contributed by atoms with E-state index in [0.717, 1.165) is 68.0 Å². The lowest BCUT2D eigenvalue weighted by atomic mass is 9.69. The van der Waals surface area contributed by atoms with Gasteiger partial charge < -0.3 is 25.4 Å². The molecule has 8 rings (SSSR count). The van der Waals surface area contributed by atoms with Crippen molar-refractivity contribution in [2.75, 3.05) is 31.6 Å². The highest BCUT2D eigenvalue weighted by Crippen LogP contribution is 2.47. The third kappa shape index (κ3) is 6.97. The fourth-order valence-electron chi connectivity index (χ4n) is 8.62. The largest absolute Gasteiger partial charge is 0.508 e. The van der Waals surface area contributed by atoms with E-state index in [9.17, 15) is 14.7 Å². The maximum absolute atomic E-state index is 13.1. The number of fused-ring (bicyclic) bond motifs is 2. The Morgan fingerprint density at radius 2 is 1.65 bits per heavy atom. The zero-order chi connectivity index (χ0) is 34.9. The van der Waals surface area contributed by atoms with E-state index in [-0.39, 0.29) is 17.7 Å². The number of phenols is 1. The van der Waals surface area contributed by atoms with Crippen LogP contribution in [0.3, 0.4) is 0 Å². The van der Waals surface area contributed by atoms with E-state index in [1.54, 1.807) is 4.90 Å². The minimum absolute atomic E-state index is 0.0655. The number of nitrogens with zero attached hydrogens (tertiary/aromatic N) is 2. The Morgan fingerprint density at radius 3 is 2.43 bits per heavy atom. The number of ether oxygens (including phenoxy) is 1. The number of hydrogen-bond donors (Lipinski definition) is 3. The van der Waals surface area contributed by atoms with Crippen LogP contribution in [0.2, 0.25) is 0 Å². The van der Waals surface area contributed by atoms with Crippen LogP contribution in [-0.2, 0) is 17.8 Å². The highest BCUT2D eigenvalue weighted by atomic mass is 16.5. The number of carbonyl (C=O) groups excluding carboxylic acids is 2. The van der Waals surface area contributed by atoms with Gasteiger partial charge in [-0.1, -0.05) is 55.1 Å². The Kier molecular flexibility index (Phi) is 9.26. The highest BCUT2D eigenvalue weighted by molar-refractivity contribution is 6.01. The lowest BCUT2D eigenvalue weighted by molar-refractivity contribution is -0.126. The van der Waals surface area contributed by atoms with Crippen LogP contribution < -0.4 is 15.4 Å². The number of likely N-dealkylation sites (tertiary alicyclic amines) is 1. The first-order valence-corrected chi connectivity index (χ1v) is 18.4. The summed E-state index contributed by atoms with van der Waals surface area (Å²) in [6, 6.07) is 31.2. The Bertz CT molecular complexity index is 1920. The van der Waals surface area contributed by atoms with Gasteiger partial charge >= 0.3 is 0 Å². The van der Waals surface area contributed by atoms with E-state index in [4.69, 9.17) is 4.74 Å². The fraction of sp³-hybridized carbons (Fsp3) is 0.349. The molecule has 4 aromatic carbocycles. The Labute approximate surface area is 300 Å². The highest BCUT2D eigenvalue weighted by Gasteiger charge is 2.38. The van der Waals surface area contributed by atoms with E-state index in [1.807, 2.05) is 24.3 Å². The Balaban J connectivity index is 0.824. The van der Waals surface area contributed by atoms with Crippen molar-refractivity contribution in [1.29, 1.82) is 0 Å². The molecule has 2 fully saturated rings. The van der Waals surface area contributed by atoms with Gasteiger partial charge in [0.05, 0.1) is 0 Å². The van der Waals surface area contributed by atoms with Crippen molar-refractivity contribution in [3.8, 4) is 11.5 Å². The maximum Gasteiger partial charge on any atom is 0.255 e. The molecule has 0 bridgehead atoms. The van der Waals surface area contributed by atoms with Gasteiger partial charge in [-0.05, 0) is 115 Å². The third-order valence-electron chi connectivity index (χ3n) is 11.3. The summed E-state index contributed by atoms with van der Waals surface area (Å²) in [6.45, 7) is 7.83. The smallest absolute Gasteiger partial charge is 0.255 e. The van der Waals surface area contributed by atoms with E-state index < -0.39 is 6.04 Å². The molecule has 0 saturated carbocycles. The summed E-state index contributed by atoms with van der Waals surface area (Å²) >= 11 is 0. The van der Waals surface area contributed by atoms with Crippen LogP contribution in [0.15, 0.2) is 103 Å². The summed E-state index contributed by atoms with van der Waals surface area (Å²) in [5.74, 6) is 1.62. The second-order valence-corrected chi connectivity index (χ2v) is 14.5. The van der Waals surface area contributed by atoms with Gasteiger partial charge in [-0.25, -0.2) is 0 Å². The summed E-state index contributed by atoms with van der Waals surface area (Å²) < 4.78 is 6.23. The zero-order valence-electron chi connectivity index (χ0n) is 29.0. The van der Waals surface area contributed by atoms with Crippen LogP contribution in [0.5, 0.6) is 11.5 Å². The number of hydrogen-bond acceptors (Lipinski definition) is 6. The number of allylic oxidation sites excluding steroid dienone is 1. The molecule has 1 unspecified atom stereocenters. The Hall–Kier alpha value is -5.08. The fourth-order valence-corrected chi connectivity index (χ4v) is 8.62. The summed E-state index contributed by atoms with van der Waals surface area (Å²) in [5.41, 5.74) is 8.58. The molecule has 8 heteroatoms. The molecule has 3 heterocycles. The number of phenolic OH excluding ortho intramolecular Hbond substituents is 1. The number of aryl methyl sites for hydroxylation is 1. The number of piperidine rings is 2. The molecule has 8 nitrogen and oxygen atoms in total. The molecule has 0 spiro atoms. The van der Waals surface area contributed by atoms with E-state index >= 15 is 0 Å². The van der Waals surface area contributed by atoms with Crippen molar-refractivity contribution in [3.05, 3.63) is 137 Å². The quantitative estimate of drug-likeness (QED) is 0.177. The van der Waals surface area contributed by atoms with Gasteiger partial charge in [0.2, 0.25) is 5.91 Å². The van der Waals surface area contributed by atoms with Gasteiger partial charge in [0.25, 0.3) is 5.91 Å². The molecular formula is C43H46N4O4. The molecule has 1 aliphatic carbocycles. The molecule has 262 valence electrons. The van der Waals surface area contributed by atoms with Crippen molar-refractivity contribution in [2.45, 2.75) is 69.0 Å². The second kappa shape index (κ2) is 14.3. The van der Waals surface area contributed by atoms with Crippen molar-refractivity contribution < 1.29 is 19.4 Å². The van der Waals surface area contributed by atoms with Crippen molar-refractivity contribution >= 4 is 17.5 Å². The summed E-state index contributed by atoms with van der Waals surface area (Å²) in [5, 5.41) is 16.7. The molecule has 4 aliphatic rings. The van der Waals surface area contributed by atoms with Crippen LogP contribution in [0, 0.1) is 0 Å². The Morgan fingerprint density at radius 1 is 0.843 bits per heavy atom. The van der Waals surface area contributed by atoms with Crippen LogP contribution >= 0.6 is 0 Å². The van der Waals surface area contributed by atoms with Crippen LogP contribution in [0.25, 0.3) is 0 Å². The molecule has 4 aromatic rings. The molecule has 3 N–H and O–H groups in total. The lowest BCUT2D eigenvalue weighted by Gasteiger charge is -2.35. The molecule has 3 atom stereocenters. The minimum atomic E-state index is -0.441. The molecule has 0 radical (unpaired) electrons. The third-order valence-corrected chi connectivity index (χ3v) is 11.3. The van der Waals surface area contributed by atoms with E-state index in [1.165, 1.54) is 22.3 Å². The van der Waals surface area contributed by atoms with Crippen LogP contribution in [-0.4, -0.2) is 65.0 Å². The van der Waals surface area contributed by atoms with Crippen LogP contribution in [0.4, 0.5) is 5.69 Å². The summed E-state index contributed by atoms with van der Waals surface area (Å²) in [7, 11) is 0. The first kappa shape index (κ1) is 33.1. The molecule has 2 saturated heterocycles. The summed E-state index contributed by atoms with van der Waals surface area (Å²) in [4.78, 5) is 29.8. The number of benzene rings is 4. The number of nitrogens with one attached hydrogen (secondary N) is 2. The van der Waals surface area contributed by atoms with Crippen molar-refractivity contribution in [2.24, 2.45) is 0 Å². The minimum Gasteiger partial charge on any atom is -0.508 e. The second-order valence-electron chi connectivity index (χ2n) is 14.5. The van der Waals surface area contributed by atoms with Gasteiger partial charge in [-0.15, -0.1) is 0 Å². The van der Waals surface area contributed by atoms with E-state index in [0.29, 0.717) is 49.3 Å². The lowest BCUT2D eigenvalue weighted by Crippen LogP contribution is -2.49.